The van der Waals surface area contributed by atoms with E-state index in [1.807, 2.05) is 12.1 Å². The molecule has 2 bridgehead atoms. The Morgan fingerprint density at radius 1 is 1.15 bits per heavy atom. The van der Waals surface area contributed by atoms with Crippen LogP contribution in [-0.2, 0) is 14.3 Å². The fraction of sp³-hybridized carbons (Fsp3) is 0.600. The molecule has 1 amide bonds. The summed E-state index contributed by atoms with van der Waals surface area (Å²) >= 11 is 0. The first-order chi connectivity index (χ1) is 12.6. The van der Waals surface area contributed by atoms with Crippen LogP contribution in [-0.4, -0.2) is 31.6 Å². The Labute approximate surface area is 166 Å². The molecule has 2 saturated carbocycles. The Morgan fingerprint density at radius 2 is 1.78 bits per heavy atom. The van der Waals surface area contributed by atoms with E-state index in [1.54, 1.807) is 12.1 Å². The highest BCUT2D eigenvalue weighted by Crippen LogP contribution is 2.42. The van der Waals surface area contributed by atoms with Crippen LogP contribution in [0, 0.1) is 17.8 Å². The van der Waals surface area contributed by atoms with E-state index in [0.717, 1.165) is 31.4 Å². The summed E-state index contributed by atoms with van der Waals surface area (Å²) in [5.41, 5.74) is 7.07. The van der Waals surface area contributed by atoms with Gasteiger partial charge in [0.1, 0.15) is 5.75 Å². The van der Waals surface area contributed by atoms with Gasteiger partial charge in [-0.1, -0.05) is 6.42 Å². The maximum absolute atomic E-state index is 12.6. The van der Waals surface area contributed by atoms with Crippen LogP contribution in [0.5, 0.6) is 5.75 Å². The van der Waals surface area contributed by atoms with Crippen molar-refractivity contribution in [1.29, 1.82) is 0 Å². The van der Waals surface area contributed by atoms with E-state index in [1.165, 1.54) is 13.5 Å². The number of anilines is 1. The van der Waals surface area contributed by atoms with Crippen molar-refractivity contribution in [3.63, 3.8) is 0 Å². The summed E-state index contributed by atoms with van der Waals surface area (Å²) in [7, 11) is 1.35. The molecule has 0 radical (unpaired) electrons. The predicted octanol–water partition coefficient (Wildman–Crippen LogP) is 3.14. The molecule has 2 unspecified atom stereocenters. The number of carbonyl (C=O) groups is 2. The van der Waals surface area contributed by atoms with Gasteiger partial charge in [-0.05, 0) is 61.8 Å². The summed E-state index contributed by atoms with van der Waals surface area (Å²) in [5.74, 6) is 1.48. The number of nitrogens with one attached hydrogen (secondary N) is 1. The molecular weight excluding hydrogens is 368 g/mol. The standard InChI is InChI=1S/C20H28N2O4.ClH/c1-25-18(23)9-10-26-17-7-5-16(6-8-17)22-20(24)15-11-13-3-2-4-14(12-15)19(13)21;/h5-8,13-15,19H,2-4,9-12,21H2,1H3,(H,22,24);1H. The molecule has 2 atom stereocenters. The van der Waals surface area contributed by atoms with Crippen molar-refractivity contribution < 1.29 is 19.1 Å². The van der Waals surface area contributed by atoms with Crippen LogP contribution >= 0.6 is 12.4 Å². The Balaban J connectivity index is 0.00000261. The maximum Gasteiger partial charge on any atom is 0.308 e. The minimum atomic E-state index is -0.300. The van der Waals surface area contributed by atoms with Gasteiger partial charge in [0.05, 0.1) is 20.1 Å². The third kappa shape index (κ3) is 5.59. The largest absolute Gasteiger partial charge is 0.493 e. The number of hydrogen-bond donors (Lipinski definition) is 2. The van der Waals surface area contributed by atoms with Crippen molar-refractivity contribution in [2.75, 3.05) is 19.0 Å². The van der Waals surface area contributed by atoms with Crippen LogP contribution in [0.15, 0.2) is 24.3 Å². The summed E-state index contributed by atoms with van der Waals surface area (Å²) < 4.78 is 10.1. The van der Waals surface area contributed by atoms with Crippen LogP contribution < -0.4 is 15.8 Å². The molecule has 6 nitrogen and oxygen atoms in total. The number of hydrogen-bond acceptors (Lipinski definition) is 5. The van der Waals surface area contributed by atoms with Gasteiger partial charge >= 0.3 is 5.97 Å². The lowest BCUT2D eigenvalue weighted by atomic mass is 9.65. The maximum atomic E-state index is 12.6. The first kappa shape index (κ1) is 21.5. The van der Waals surface area contributed by atoms with Gasteiger partial charge in [-0.15, -0.1) is 12.4 Å². The number of methoxy groups -OCH3 is 1. The fourth-order valence-electron chi connectivity index (χ4n) is 4.24. The molecule has 1 aromatic carbocycles. The molecule has 3 N–H and O–H groups in total. The quantitative estimate of drug-likeness (QED) is 0.721. The smallest absolute Gasteiger partial charge is 0.308 e. The number of amides is 1. The second-order valence-electron chi connectivity index (χ2n) is 7.38. The van der Waals surface area contributed by atoms with E-state index in [-0.39, 0.29) is 49.3 Å². The number of esters is 1. The van der Waals surface area contributed by atoms with Gasteiger partial charge in [0, 0.05) is 17.6 Å². The second-order valence-corrected chi connectivity index (χ2v) is 7.38. The molecule has 2 aliphatic carbocycles. The minimum absolute atomic E-state index is 0. The van der Waals surface area contributed by atoms with Gasteiger partial charge in [0.2, 0.25) is 5.91 Å². The molecule has 7 heteroatoms. The fourth-order valence-corrected chi connectivity index (χ4v) is 4.24. The summed E-state index contributed by atoms with van der Waals surface area (Å²) in [6.07, 6.45) is 5.56. The first-order valence-corrected chi connectivity index (χ1v) is 9.43. The van der Waals surface area contributed by atoms with E-state index in [0.29, 0.717) is 17.6 Å². The molecule has 150 valence electrons. The Kier molecular flexibility index (Phi) is 7.92. The van der Waals surface area contributed by atoms with Gasteiger partial charge in [-0.3, -0.25) is 9.59 Å². The van der Waals surface area contributed by atoms with E-state index < -0.39 is 0 Å². The predicted molar refractivity (Wildman–Crippen MR) is 106 cm³/mol. The first-order valence-electron chi connectivity index (χ1n) is 9.43. The van der Waals surface area contributed by atoms with Crippen molar-refractivity contribution >= 4 is 30.0 Å². The van der Waals surface area contributed by atoms with Gasteiger partial charge in [0.15, 0.2) is 0 Å². The van der Waals surface area contributed by atoms with E-state index in [9.17, 15) is 9.59 Å². The molecule has 27 heavy (non-hydrogen) atoms. The molecule has 3 rings (SSSR count). The topological polar surface area (TPSA) is 90.6 Å². The summed E-state index contributed by atoms with van der Waals surface area (Å²) in [6, 6.07) is 7.49. The lowest BCUT2D eigenvalue weighted by Gasteiger charge is -2.43. The highest BCUT2D eigenvalue weighted by molar-refractivity contribution is 5.92. The molecule has 0 aliphatic heterocycles. The number of rotatable bonds is 6. The lowest BCUT2D eigenvalue weighted by Crippen LogP contribution is -2.48. The molecule has 2 fully saturated rings. The van der Waals surface area contributed by atoms with E-state index in [2.05, 4.69) is 10.1 Å². The van der Waals surface area contributed by atoms with E-state index in [4.69, 9.17) is 10.5 Å². The van der Waals surface area contributed by atoms with Crippen molar-refractivity contribution in [2.24, 2.45) is 23.5 Å². The number of fused-ring (bicyclic) bond motifs is 2. The van der Waals surface area contributed by atoms with Crippen molar-refractivity contribution in [3.05, 3.63) is 24.3 Å². The zero-order valence-electron chi connectivity index (χ0n) is 15.7. The Hall–Kier alpha value is -1.79. The Bertz CT molecular complexity index is 623. The molecule has 0 saturated heterocycles. The van der Waals surface area contributed by atoms with Crippen LogP contribution in [0.25, 0.3) is 0 Å². The average molecular weight is 397 g/mol. The number of halogens is 1. The zero-order valence-corrected chi connectivity index (χ0v) is 16.5. The normalized spacial score (nSPS) is 26.4. The van der Waals surface area contributed by atoms with Gasteiger partial charge in [-0.25, -0.2) is 0 Å². The third-order valence-electron chi connectivity index (χ3n) is 5.71. The molecule has 0 spiro atoms. The second kappa shape index (κ2) is 9.95. The molecule has 1 aromatic rings. The highest BCUT2D eigenvalue weighted by Gasteiger charge is 2.40. The van der Waals surface area contributed by atoms with Crippen LogP contribution in [0.3, 0.4) is 0 Å². The summed E-state index contributed by atoms with van der Waals surface area (Å²) in [6.45, 7) is 0.267. The molecular formula is C20H29ClN2O4. The Morgan fingerprint density at radius 3 is 2.37 bits per heavy atom. The van der Waals surface area contributed by atoms with Gasteiger partial charge < -0.3 is 20.5 Å². The third-order valence-corrected chi connectivity index (χ3v) is 5.71. The van der Waals surface area contributed by atoms with Crippen molar-refractivity contribution in [3.8, 4) is 5.75 Å². The average Bonchev–Trinajstić information content (AvgIpc) is 2.62. The number of nitrogens with two attached hydrogens (primary N) is 1. The molecule has 0 aromatic heterocycles. The van der Waals surface area contributed by atoms with Crippen LogP contribution in [0.2, 0.25) is 0 Å². The number of ether oxygens (including phenoxy) is 2. The number of benzene rings is 1. The molecule has 0 heterocycles. The summed E-state index contributed by atoms with van der Waals surface area (Å²) in [4.78, 5) is 23.7. The zero-order chi connectivity index (χ0) is 18.5. The molecule has 2 aliphatic rings. The van der Waals surface area contributed by atoms with E-state index >= 15 is 0 Å². The van der Waals surface area contributed by atoms with Crippen molar-refractivity contribution in [2.45, 2.75) is 44.6 Å². The monoisotopic (exact) mass is 396 g/mol. The summed E-state index contributed by atoms with van der Waals surface area (Å²) in [5, 5.41) is 3.02. The highest BCUT2D eigenvalue weighted by atomic mass is 35.5. The number of carbonyl (C=O) groups excluding carboxylic acids is 2. The van der Waals surface area contributed by atoms with Crippen LogP contribution in [0.4, 0.5) is 5.69 Å². The van der Waals surface area contributed by atoms with Gasteiger partial charge in [-0.2, -0.15) is 0 Å². The van der Waals surface area contributed by atoms with Crippen LogP contribution in [0.1, 0.15) is 38.5 Å². The minimum Gasteiger partial charge on any atom is -0.493 e. The SMILES string of the molecule is COC(=O)CCOc1ccc(NC(=O)C2CC3CCCC(C2)C3N)cc1.Cl. The van der Waals surface area contributed by atoms with Gasteiger partial charge in [0.25, 0.3) is 0 Å². The van der Waals surface area contributed by atoms with Crippen molar-refractivity contribution in [1.82, 2.24) is 0 Å². The lowest BCUT2D eigenvalue weighted by molar-refractivity contribution is -0.141.